The van der Waals surface area contributed by atoms with E-state index in [-0.39, 0.29) is 18.1 Å². The quantitative estimate of drug-likeness (QED) is 0.660. The van der Waals surface area contributed by atoms with E-state index in [2.05, 4.69) is 5.32 Å². The van der Waals surface area contributed by atoms with Crippen LogP contribution < -0.4 is 5.32 Å². The smallest absolute Gasteiger partial charge is 0.341 e. The van der Waals surface area contributed by atoms with Crippen molar-refractivity contribution in [3.63, 3.8) is 0 Å². The summed E-state index contributed by atoms with van der Waals surface area (Å²) in [4.78, 5) is 22.4. The first-order valence-corrected chi connectivity index (χ1v) is 5.40. The number of esters is 1. The number of hydrogen-bond donors (Lipinski definition) is 1. The van der Waals surface area contributed by atoms with Crippen LogP contribution in [-0.4, -0.2) is 18.5 Å². The molecule has 0 aliphatic carbocycles. The minimum atomic E-state index is -0.766. The molecule has 0 bridgehead atoms. The summed E-state index contributed by atoms with van der Waals surface area (Å²) in [6.45, 7) is 3.19. The van der Waals surface area contributed by atoms with E-state index in [0.717, 1.165) is 6.07 Å². The normalized spacial score (nSPS) is 10.4. The molecule has 0 aromatic heterocycles. The molecular weight excluding hydrogens is 237 g/mol. The molecule has 5 heteroatoms. The van der Waals surface area contributed by atoms with Gasteiger partial charge in [-0.25, -0.2) is 9.18 Å². The zero-order chi connectivity index (χ0) is 13.5. The summed E-state index contributed by atoms with van der Waals surface area (Å²) in [5.74, 6) is -1.75. The van der Waals surface area contributed by atoms with Gasteiger partial charge in [-0.05, 0) is 25.1 Å². The molecule has 18 heavy (non-hydrogen) atoms. The highest BCUT2D eigenvalue weighted by Crippen LogP contribution is 2.15. The van der Waals surface area contributed by atoms with E-state index < -0.39 is 11.8 Å². The van der Waals surface area contributed by atoms with Crippen LogP contribution >= 0.6 is 0 Å². The second kappa shape index (κ2) is 6.54. The maximum atomic E-state index is 13.4. The van der Waals surface area contributed by atoms with Gasteiger partial charge in [-0.3, -0.25) is 4.79 Å². The first-order chi connectivity index (χ1) is 8.54. The van der Waals surface area contributed by atoms with Crippen molar-refractivity contribution in [3.05, 3.63) is 41.7 Å². The number of nitrogens with one attached hydrogen (secondary N) is 1. The zero-order valence-electron chi connectivity index (χ0n) is 10.2. The van der Waals surface area contributed by atoms with Gasteiger partial charge in [0.1, 0.15) is 12.4 Å². The molecule has 0 aliphatic rings. The molecule has 1 amide bonds. The number of amides is 1. The SMILES string of the molecule is CC=CCOC(=O)c1cc(NC(C)=O)ccc1F. The van der Waals surface area contributed by atoms with Gasteiger partial charge < -0.3 is 10.1 Å². The minimum Gasteiger partial charge on any atom is -0.458 e. The fraction of sp³-hybridized carbons (Fsp3) is 0.231. The van der Waals surface area contributed by atoms with Gasteiger partial charge in [0.25, 0.3) is 0 Å². The molecule has 1 rings (SSSR count). The van der Waals surface area contributed by atoms with Crippen LogP contribution in [-0.2, 0) is 9.53 Å². The lowest BCUT2D eigenvalue weighted by Crippen LogP contribution is -2.10. The maximum absolute atomic E-state index is 13.4. The molecule has 0 aliphatic heterocycles. The Bertz CT molecular complexity index is 483. The average molecular weight is 251 g/mol. The van der Waals surface area contributed by atoms with Gasteiger partial charge >= 0.3 is 5.97 Å². The molecule has 0 fully saturated rings. The summed E-state index contributed by atoms with van der Waals surface area (Å²) in [6.07, 6.45) is 3.35. The van der Waals surface area contributed by atoms with E-state index in [1.54, 1.807) is 19.1 Å². The lowest BCUT2D eigenvalue weighted by atomic mass is 10.2. The number of hydrogen-bond acceptors (Lipinski definition) is 3. The molecule has 0 heterocycles. The van der Waals surface area contributed by atoms with Crippen molar-refractivity contribution >= 4 is 17.6 Å². The van der Waals surface area contributed by atoms with Gasteiger partial charge in [0, 0.05) is 12.6 Å². The number of carbonyl (C=O) groups excluding carboxylic acids is 2. The van der Waals surface area contributed by atoms with E-state index in [0.29, 0.717) is 5.69 Å². The Morgan fingerprint density at radius 2 is 2.17 bits per heavy atom. The van der Waals surface area contributed by atoms with Gasteiger partial charge in [-0.1, -0.05) is 12.2 Å². The summed E-state index contributed by atoms with van der Waals surface area (Å²) in [5.41, 5.74) is 0.146. The predicted molar refractivity (Wildman–Crippen MR) is 65.8 cm³/mol. The predicted octanol–water partition coefficient (Wildman–Crippen LogP) is 2.52. The zero-order valence-corrected chi connectivity index (χ0v) is 10.2. The van der Waals surface area contributed by atoms with Crippen molar-refractivity contribution in [3.8, 4) is 0 Å². The molecule has 4 nitrogen and oxygen atoms in total. The Kier molecular flexibility index (Phi) is 5.05. The van der Waals surface area contributed by atoms with Crippen LogP contribution in [0, 0.1) is 5.82 Å². The average Bonchev–Trinajstić information content (AvgIpc) is 2.31. The van der Waals surface area contributed by atoms with Gasteiger partial charge in [0.2, 0.25) is 5.91 Å². The topological polar surface area (TPSA) is 55.4 Å². The second-order valence-corrected chi connectivity index (χ2v) is 3.54. The standard InChI is InChI=1S/C13H14FNO3/c1-3-4-7-18-13(17)11-8-10(15-9(2)16)5-6-12(11)14/h3-6,8H,7H2,1-2H3,(H,15,16). The van der Waals surface area contributed by atoms with Gasteiger partial charge in [-0.2, -0.15) is 0 Å². The fourth-order valence-corrected chi connectivity index (χ4v) is 1.26. The molecule has 1 N–H and O–H groups in total. The summed E-state index contributed by atoms with van der Waals surface area (Å²) in [6, 6.07) is 3.73. The van der Waals surface area contributed by atoms with Crippen molar-refractivity contribution < 1.29 is 18.7 Å². The monoisotopic (exact) mass is 251 g/mol. The molecule has 0 spiro atoms. The molecule has 1 aromatic rings. The fourth-order valence-electron chi connectivity index (χ4n) is 1.26. The van der Waals surface area contributed by atoms with Crippen LogP contribution in [0.3, 0.4) is 0 Å². The van der Waals surface area contributed by atoms with E-state index in [4.69, 9.17) is 4.74 Å². The van der Waals surface area contributed by atoms with E-state index in [1.807, 2.05) is 0 Å². The van der Waals surface area contributed by atoms with Gasteiger partial charge in [0.05, 0.1) is 5.56 Å². The molecule has 1 aromatic carbocycles. The van der Waals surface area contributed by atoms with Crippen LogP contribution in [0.25, 0.3) is 0 Å². The Morgan fingerprint density at radius 1 is 1.44 bits per heavy atom. The van der Waals surface area contributed by atoms with Crippen molar-refractivity contribution in [1.82, 2.24) is 0 Å². The molecule has 0 saturated carbocycles. The highest BCUT2D eigenvalue weighted by molar-refractivity contribution is 5.93. The Morgan fingerprint density at radius 3 is 2.78 bits per heavy atom. The number of anilines is 1. The molecular formula is C13H14FNO3. The van der Waals surface area contributed by atoms with Crippen LogP contribution in [0.2, 0.25) is 0 Å². The van der Waals surface area contributed by atoms with E-state index >= 15 is 0 Å². The number of halogens is 1. The third-order valence-electron chi connectivity index (χ3n) is 2.05. The number of rotatable bonds is 4. The number of ether oxygens (including phenoxy) is 1. The maximum Gasteiger partial charge on any atom is 0.341 e. The summed E-state index contributed by atoms with van der Waals surface area (Å²) in [7, 11) is 0. The first kappa shape index (κ1) is 13.9. The highest BCUT2D eigenvalue weighted by Gasteiger charge is 2.13. The third-order valence-corrected chi connectivity index (χ3v) is 2.05. The first-order valence-electron chi connectivity index (χ1n) is 5.40. The van der Waals surface area contributed by atoms with Gasteiger partial charge in [-0.15, -0.1) is 0 Å². The molecule has 0 radical (unpaired) electrons. The van der Waals surface area contributed by atoms with Crippen LogP contribution in [0.5, 0.6) is 0 Å². The Hall–Kier alpha value is -2.17. The Labute approximate surface area is 104 Å². The van der Waals surface area contributed by atoms with Crippen molar-refractivity contribution in [2.24, 2.45) is 0 Å². The summed E-state index contributed by atoms with van der Waals surface area (Å²) >= 11 is 0. The highest BCUT2D eigenvalue weighted by atomic mass is 19.1. The van der Waals surface area contributed by atoms with Crippen LogP contribution in [0.4, 0.5) is 10.1 Å². The van der Waals surface area contributed by atoms with Crippen molar-refractivity contribution in [2.45, 2.75) is 13.8 Å². The number of benzene rings is 1. The number of allylic oxidation sites excluding steroid dienone is 1. The minimum absolute atomic E-state index is 0.0825. The lowest BCUT2D eigenvalue weighted by molar-refractivity contribution is -0.114. The van der Waals surface area contributed by atoms with Crippen LogP contribution in [0.15, 0.2) is 30.4 Å². The van der Waals surface area contributed by atoms with E-state index in [1.165, 1.54) is 19.1 Å². The molecule has 0 unspecified atom stereocenters. The van der Waals surface area contributed by atoms with E-state index in [9.17, 15) is 14.0 Å². The molecule has 0 saturated heterocycles. The molecule has 0 atom stereocenters. The third kappa shape index (κ3) is 4.01. The van der Waals surface area contributed by atoms with Crippen molar-refractivity contribution in [2.75, 3.05) is 11.9 Å². The summed E-state index contributed by atoms with van der Waals surface area (Å²) < 4.78 is 18.3. The van der Waals surface area contributed by atoms with Crippen molar-refractivity contribution in [1.29, 1.82) is 0 Å². The van der Waals surface area contributed by atoms with Crippen LogP contribution in [0.1, 0.15) is 24.2 Å². The second-order valence-electron chi connectivity index (χ2n) is 3.54. The molecule has 96 valence electrons. The lowest BCUT2D eigenvalue weighted by Gasteiger charge is -2.06. The number of carbonyl (C=O) groups is 2. The Balaban J connectivity index is 2.85. The van der Waals surface area contributed by atoms with Gasteiger partial charge in [0.15, 0.2) is 0 Å². The summed E-state index contributed by atoms with van der Waals surface area (Å²) in [5, 5.41) is 2.47. The largest absolute Gasteiger partial charge is 0.458 e.